The van der Waals surface area contributed by atoms with Gasteiger partial charge >= 0.3 is 5.97 Å². The van der Waals surface area contributed by atoms with Gasteiger partial charge in [-0.25, -0.2) is 0 Å². The number of hydrogen-bond acceptors (Lipinski definition) is 6. The Balaban J connectivity index is 1.56. The molecule has 1 N–H and O–H groups in total. The smallest absolute Gasteiger partial charge is 0.309 e. The first-order chi connectivity index (χ1) is 14.4. The van der Waals surface area contributed by atoms with Gasteiger partial charge in [0.15, 0.2) is 0 Å². The number of benzene rings is 1. The summed E-state index contributed by atoms with van der Waals surface area (Å²) in [5, 5.41) is 2.83. The first kappa shape index (κ1) is 22.1. The van der Waals surface area contributed by atoms with Crippen molar-refractivity contribution in [3.05, 3.63) is 23.8 Å². The van der Waals surface area contributed by atoms with Crippen LogP contribution in [0.1, 0.15) is 36.5 Å². The number of esters is 1. The maximum Gasteiger partial charge on any atom is 0.309 e. The zero-order valence-corrected chi connectivity index (χ0v) is 18.1. The number of fused-ring (bicyclic) bond motifs is 1. The van der Waals surface area contributed by atoms with Crippen LogP contribution in [0.25, 0.3) is 0 Å². The summed E-state index contributed by atoms with van der Waals surface area (Å²) in [4.78, 5) is 53.0. The van der Waals surface area contributed by atoms with Crippen LogP contribution in [-0.4, -0.2) is 72.5 Å². The zero-order chi connectivity index (χ0) is 21.7. The quantitative estimate of drug-likeness (QED) is 0.714. The van der Waals surface area contributed by atoms with E-state index < -0.39 is 0 Å². The van der Waals surface area contributed by atoms with E-state index >= 15 is 0 Å². The minimum Gasteiger partial charge on any atom is -0.466 e. The molecule has 0 unspecified atom stereocenters. The molecule has 2 heterocycles. The van der Waals surface area contributed by atoms with Crippen molar-refractivity contribution in [2.75, 3.05) is 44.4 Å². The van der Waals surface area contributed by atoms with E-state index in [-0.39, 0.29) is 36.2 Å². The summed E-state index contributed by atoms with van der Waals surface area (Å²) < 4.78 is 5.05. The third-order valence-electron chi connectivity index (χ3n) is 5.27. The number of amides is 3. The van der Waals surface area contributed by atoms with Gasteiger partial charge in [0.1, 0.15) is 0 Å². The second-order valence-corrected chi connectivity index (χ2v) is 8.56. The first-order valence-electron chi connectivity index (χ1n) is 10.2. The molecule has 3 rings (SSSR count). The van der Waals surface area contributed by atoms with Crippen LogP contribution in [0.2, 0.25) is 0 Å². The summed E-state index contributed by atoms with van der Waals surface area (Å²) in [5.41, 5.74) is 1.06. The largest absolute Gasteiger partial charge is 0.466 e. The van der Waals surface area contributed by atoms with E-state index in [1.807, 2.05) is 6.07 Å². The van der Waals surface area contributed by atoms with Gasteiger partial charge in [-0.2, -0.15) is 0 Å². The molecule has 1 saturated heterocycles. The van der Waals surface area contributed by atoms with Crippen molar-refractivity contribution in [1.29, 1.82) is 0 Å². The highest BCUT2D eigenvalue weighted by atomic mass is 32.2. The Labute approximate surface area is 180 Å². The Morgan fingerprint density at radius 3 is 2.70 bits per heavy atom. The molecule has 0 atom stereocenters. The van der Waals surface area contributed by atoms with Gasteiger partial charge in [0.25, 0.3) is 5.91 Å². The first-order valence-corrected chi connectivity index (χ1v) is 11.1. The van der Waals surface area contributed by atoms with Crippen LogP contribution in [0, 0.1) is 5.92 Å². The van der Waals surface area contributed by atoms with Gasteiger partial charge in [-0.15, -0.1) is 11.8 Å². The molecule has 1 aromatic carbocycles. The average molecular weight is 434 g/mol. The van der Waals surface area contributed by atoms with E-state index in [1.165, 1.54) is 4.90 Å². The minimum atomic E-state index is -0.281. The van der Waals surface area contributed by atoms with Crippen molar-refractivity contribution < 1.29 is 23.9 Å². The Kier molecular flexibility index (Phi) is 7.36. The van der Waals surface area contributed by atoms with E-state index in [0.29, 0.717) is 56.0 Å². The van der Waals surface area contributed by atoms with Crippen LogP contribution < -0.4 is 5.32 Å². The van der Waals surface area contributed by atoms with Crippen molar-refractivity contribution >= 4 is 41.1 Å². The third kappa shape index (κ3) is 5.33. The van der Waals surface area contributed by atoms with Crippen LogP contribution in [-0.2, 0) is 19.1 Å². The molecule has 0 bridgehead atoms. The van der Waals surface area contributed by atoms with Crippen LogP contribution in [0.3, 0.4) is 0 Å². The number of carbonyl (C=O) groups excluding carboxylic acids is 4. The topological polar surface area (TPSA) is 96.0 Å². The number of piperidine rings is 1. The molecule has 162 valence electrons. The predicted molar refractivity (Wildman–Crippen MR) is 113 cm³/mol. The lowest BCUT2D eigenvalue weighted by Crippen LogP contribution is -2.45. The SMILES string of the molecule is CCOC(=O)C1CCN(C(=O)CN(C)C(=O)c2ccc3c(c2)NC(=O)CCS3)CC1. The molecule has 8 nitrogen and oxygen atoms in total. The maximum atomic E-state index is 12.8. The number of ether oxygens (including phenoxy) is 1. The summed E-state index contributed by atoms with van der Waals surface area (Å²) >= 11 is 1.57. The summed E-state index contributed by atoms with van der Waals surface area (Å²) in [7, 11) is 1.59. The lowest BCUT2D eigenvalue weighted by atomic mass is 9.97. The number of hydrogen-bond donors (Lipinski definition) is 1. The fourth-order valence-electron chi connectivity index (χ4n) is 3.57. The second kappa shape index (κ2) is 9.97. The molecule has 0 spiro atoms. The fourth-order valence-corrected chi connectivity index (χ4v) is 4.51. The minimum absolute atomic E-state index is 0.0406. The van der Waals surface area contributed by atoms with Gasteiger partial charge in [0, 0.05) is 42.8 Å². The van der Waals surface area contributed by atoms with Gasteiger partial charge in [-0.05, 0) is 38.0 Å². The van der Waals surface area contributed by atoms with Crippen molar-refractivity contribution in [3.63, 3.8) is 0 Å². The van der Waals surface area contributed by atoms with Gasteiger partial charge in [-0.1, -0.05) is 0 Å². The normalized spacial score (nSPS) is 16.9. The molecule has 0 radical (unpaired) electrons. The maximum absolute atomic E-state index is 12.8. The molecular formula is C21H27N3O5S. The van der Waals surface area contributed by atoms with Crippen LogP contribution >= 0.6 is 11.8 Å². The number of nitrogens with zero attached hydrogens (tertiary/aromatic N) is 2. The highest BCUT2D eigenvalue weighted by Crippen LogP contribution is 2.31. The molecule has 30 heavy (non-hydrogen) atoms. The average Bonchev–Trinajstić information content (AvgIpc) is 2.93. The van der Waals surface area contributed by atoms with Crippen molar-refractivity contribution in [1.82, 2.24) is 9.80 Å². The van der Waals surface area contributed by atoms with E-state index in [9.17, 15) is 19.2 Å². The lowest BCUT2D eigenvalue weighted by molar-refractivity contribution is -0.151. The molecule has 9 heteroatoms. The lowest BCUT2D eigenvalue weighted by Gasteiger charge is -2.32. The summed E-state index contributed by atoms with van der Waals surface area (Å²) in [6.45, 7) is 3.05. The highest BCUT2D eigenvalue weighted by molar-refractivity contribution is 7.99. The molecule has 1 fully saturated rings. The third-order valence-corrected chi connectivity index (χ3v) is 6.35. The zero-order valence-electron chi connectivity index (χ0n) is 17.3. The fraction of sp³-hybridized carbons (Fsp3) is 0.524. The number of thioether (sulfide) groups is 1. The predicted octanol–water partition coefficient (Wildman–Crippen LogP) is 1.99. The number of nitrogens with one attached hydrogen (secondary N) is 1. The molecule has 2 aliphatic heterocycles. The summed E-state index contributed by atoms with van der Waals surface area (Å²) in [6.07, 6.45) is 1.58. The van der Waals surface area contributed by atoms with Crippen LogP contribution in [0.5, 0.6) is 0 Å². The number of likely N-dealkylation sites (tertiary alicyclic amines) is 1. The second-order valence-electron chi connectivity index (χ2n) is 7.43. The van der Waals surface area contributed by atoms with Crippen LogP contribution in [0.15, 0.2) is 23.1 Å². The Hall–Kier alpha value is -2.55. The molecule has 0 aliphatic carbocycles. The Morgan fingerprint density at radius 2 is 2.00 bits per heavy atom. The van der Waals surface area contributed by atoms with Crippen molar-refractivity contribution in [2.24, 2.45) is 5.92 Å². The van der Waals surface area contributed by atoms with Crippen LogP contribution in [0.4, 0.5) is 5.69 Å². The van der Waals surface area contributed by atoms with Gasteiger partial charge in [0.05, 0.1) is 24.8 Å². The van der Waals surface area contributed by atoms with Gasteiger partial charge in [-0.3, -0.25) is 19.2 Å². The molecule has 3 amide bonds. The summed E-state index contributed by atoms with van der Waals surface area (Å²) in [6, 6.07) is 5.21. The standard InChI is InChI=1S/C21H27N3O5S/c1-3-29-21(28)14-6-9-24(10-7-14)19(26)13-23(2)20(27)15-4-5-17-16(12-15)22-18(25)8-11-30-17/h4-5,12,14H,3,6-11,13H2,1-2H3,(H,22,25). The van der Waals surface area contributed by atoms with E-state index in [4.69, 9.17) is 4.74 Å². The summed E-state index contributed by atoms with van der Waals surface area (Å²) in [5.74, 6) is -0.164. The monoisotopic (exact) mass is 433 g/mol. The highest BCUT2D eigenvalue weighted by Gasteiger charge is 2.29. The number of rotatable bonds is 5. The van der Waals surface area contributed by atoms with Crippen molar-refractivity contribution in [3.8, 4) is 0 Å². The Morgan fingerprint density at radius 1 is 1.27 bits per heavy atom. The Bertz CT molecular complexity index is 836. The van der Waals surface area contributed by atoms with E-state index in [2.05, 4.69) is 5.32 Å². The van der Waals surface area contributed by atoms with Gasteiger partial charge in [0.2, 0.25) is 11.8 Å². The molecule has 0 saturated carbocycles. The van der Waals surface area contributed by atoms with Gasteiger partial charge < -0.3 is 19.9 Å². The number of likely N-dealkylation sites (N-methyl/N-ethyl adjacent to an activating group) is 1. The number of anilines is 1. The molecule has 2 aliphatic rings. The van der Waals surface area contributed by atoms with E-state index in [0.717, 1.165) is 4.90 Å². The number of carbonyl (C=O) groups is 4. The molecular weight excluding hydrogens is 406 g/mol. The molecule has 0 aromatic heterocycles. The van der Waals surface area contributed by atoms with Crippen molar-refractivity contribution in [2.45, 2.75) is 31.1 Å². The van der Waals surface area contributed by atoms with E-state index in [1.54, 1.807) is 42.8 Å². The molecule has 1 aromatic rings.